The van der Waals surface area contributed by atoms with Gasteiger partial charge in [-0.05, 0) is 13.8 Å². The summed E-state index contributed by atoms with van der Waals surface area (Å²) in [5, 5.41) is 4.04. The predicted octanol–water partition coefficient (Wildman–Crippen LogP) is -0.0447. The van der Waals surface area contributed by atoms with Crippen molar-refractivity contribution in [2.75, 3.05) is 5.73 Å². The van der Waals surface area contributed by atoms with Crippen molar-refractivity contribution >= 4 is 20.8 Å². The lowest BCUT2D eigenvalue weighted by molar-refractivity contribution is 0.107. The van der Waals surface area contributed by atoms with Gasteiger partial charge in [0.05, 0.1) is 17.0 Å². The molecule has 0 aliphatic heterocycles. The number of nitrogen functional groups attached to an aromatic ring is 1. The molecule has 0 fully saturated rings. The van der Waals surface area contributed by atoms with E-state index in [1.807, 2.05) is 0 Å². The zero-order valence-corrected chi connectivity index (χ0v) is 8.63. The van der Waals surface area contributed by atoms with Gasteiger partial charge in [-0.15, -0.1) is 0 Å². The molecule has 0 aliphatic carbocycles. The van der Waals surface area contributed by atoms with Crippen molar-refractivity contribution in [3.05, 3.63) is 11.8 Å². The van der Waals surface area contributed by atoms with Crippen LogP contribution in [-0.2, 0) is 9.84 Å². The molecule has 0 amide bonds. The van der Waals surface area contributed by atoms with Gasteiger partial charge >= 0.3 is 0 Å². The molecule has 78 valence electrons. The van der Waals surface area contributed by atoms with Gasteiger partial charge in [-0.2, -0.15) is 5.10 Å². The zero-order valence-electron chi connectivity index (χ0n) is 7.81. The number of anilines is 1. The van der Waals surface area contributed by atoms with E-state index in [0.717, 1.165) is 6.20 Å². The molecule has 1 heterocycles. The number of aromatic nitrogens is 2. The molecule has 0 radical (unpaired) electrons. The Balaban J connectivity index is 3.16. The first kappa shape index (κ1) is 10.7. The molecule has 3 N–H and O–H groups in total. The molecule has 0 saturated carbocycles. The number of carbonyl (C=O) groups excluding carboxylic acids is 1. The van der Waals surface area contributed by atoms with Crippen LogP contribution in [0.2, 0.25) is 0 Å². The Morgan fingerprint density at radius 1 is 1.57 bits per heavy atom. The number of hydrogen-bond donors (Lipinski definition) is 2. The molecule has 14 heavy (non-hydrogen) atoms. The van der Waals surface area contributed by atoms with Gasteiger partial charge < -0.3 is 5.73 Å². The van der Waals surface area contributed by atoms with Crippen molar-refractivity contribution < 1.29 is 13.2 Å². The monoisotopic (exact) mass is 217 g/mol. The van der Waals surface area contributed by atoms with E-state index >= 15 is 0 Å². The summed E-state index contributed by atoms with van der Waals surface area (Å²) in [5.41, 5.74) is 5.24. The summed E-state index contributed by atoms with van der Waals surface area (Å²) in [6, 6.07) is 0. The van der Waals surface area contributed by atoms with Crippen molar-refractivity contribution in [2.45, 2.75) is 19.1 Å². The van der Waals surface area contributed by atoms with Crippen molar-refractivity contribution in [3.8, 4) is 0 Å². The fourth-order valence-corrected chi connectivity index (χ4v) is 1.72. The quantitative estimate of drug-likeness (QED) is 0.722. The number of H-pyrrole nitrogens is 1. The van der Waals surface area contributed by atoms with Gasteiger partial charge in [-0.1, -0.05) is 0 Å². The third kappa shape index (κ3) is 1.63. The molecule has 0 bridgehead atoms. The molecule has 0 aliphatic rings. The highest BCUT2D eigenvalue weighted by molar-refractivity contribution is 8.07. The summed E-state index contributed by atoms with van der Waals surface area (Å²) in [5.74, 6) is -0.0285. The predicted molar refractivity (Wildman–Crippen MR) is 51.4 cm³/mol. The lowest BCUT2D eigenvalue weighted by atomic mass is 10.4. The molecular weight excluding hydrogens is 206 g/mol. The summed E-state index contributed by atoms with van der Waals surface area (Å²) in [6.07, 6.45) is 1.11. The Hall–Kier alpha value is -1.37. The first-order valence-electron chi connectivity index (χ1n) is 3.94. The highest BCUT2D eigenvalue weighted by Crippen LogP contribution is 2.14. The van der Waals surface area contributed by atoms with E-state index in [1.165, 1.54) is 13.8 Å². The topological polar surface area (TPSA) is 106 Å². The van der Waals surface area contributed by atoms with Gasteiger partial charge in [-0.25, -0.2) is 8.42 Å². The van der Waals surface area contributed by atoms with Crippen molar-refractivity contribution in [2.24, 2.45) is 0 Å². The Bertz CT molecular complexity index is 447. The SMILES string of the molecule is CC(C)S(=O)(=O)C(=O)c1cn[nH]c1N. The second-order valence-electron chi connectivity index (χ2n) is 3.08. The lowest BCUT2D eigenvalue weighted by Gasteiger charge is -2.04. The molecule has 0 saturated heterocycles. The van der Waals surface area contributed by atoms with Gasteiger partial charge in [0.25, 0.3) is 5.12 Å². The van der Waals surface area contributed by atoms with Gasteiger partial charge in [0.2, 0.25) is 9.84 Å². The minimum Gasteiger partial charge on any atom is -0.383 e. The molecule has 0 spiro atoms. The average molecular weight is 217 g/mol. The van der Waals surface area contributed by atoms with Crippen LogP contribution in [-0.4, -0.2) is 29.0 Å². The van der Waals surface area contributed by atoms with E-state index in [2.05, 4.69) is 10.2 Å². The maximum Gasteiger partial charge on any atom is 0.282 e. The number of aromatic amines is 1. The molecule has 0 atom stereocenters. The standard InChI is InChI=1S/C7H11N3O3S/c1-4(2)14(12,13)7(11)5-3-9-10-6(5)8/h3-4H,1-2H3,(H3,8,9,10). The van der Waals surface area contributed by atoms with Crippen molar-refractivity contribution in [1.82, 2.24) is 10.2 Å². The second kappa shape index (κ2) is 3.41. The van der Waals surface area contributed by atoms with Gasteiger partial charge in [0.1, 0.15) is 5.82 Å². The third-order valence-electron chi connectivity index (χ3n) is 1.77. The molecule has 0 unspecified atom stereocenters. The van der Waals surface area contributed by atoms with E-state index in [9.17, 15) is 13.2 Å². The van der Waals surface area contributed by atoms with Crippen molar-refractivity contribution in [3.63, 3.8) is 0 Å². The van der Waals surface area contributed by atoms with Crippen LogP contribution in [0, 0.1) is 0 Å². The average Bonchev–Trinajstić information content (AvgIpc) is 2.49. The van der Waals surface area contributed by atoms with E-state index in [-0.39, 0.29) is 11.4 Å². The van der Waals surface area contributed by atoms with E-state index < -0.39 is 20.2 Å². The van der Waals surface area contributed by atoms with Crippen LogP contribution in [0.5, 0.6) is 0 Å². The Labute approximate surface area is 81.4 Å². The van der Waals surface area contributed by atoms with Crippen LogP contribution in [0.1, 0.15) is 24.2 Å². The molecule has 1 rings (SSSR count). The number of nitrogens with two attached hydrogens (primary N) is 1. The Morgan fingerprint density at radius 3 is 2.50 bits per heavy atom. The number of carbonyl (C=O) groups is 1. The molecule has 6 nitrogen and oxygen atoms in total. The van der Waals surface area contributed by atoms with Gasteiger partial charge in [-0.3, -0.25) is 9.89 Å². The molecule has 1 aromatic rings. The number of nitrogens with one attached hydrogen (secondary N) is 1. The van der Waals surface area contributed by atoms with Crippen molar-refractivity contribution in [1.29, 1.82) is 0 Å². The largest absolute Gasteiger partial charge is 0.383 e. The minimum atomic E-state index is -3.80. The third-order valence-corrected chi connectivity index (χ3v) is 3.75. The summed E-state index contributed by atoms with van der Waals surface area (Å²) in [6.45, 7) is 2.87. The van der Waals surface area contributed by atoms with Gasteiger partial charge in [0.15, 0.2) is 0 Å². The Morgan fingerprint density at radius 2 is 2.14 bits per heavy atom. The fourth-order valence-electron chi connectivity index (χ4n) is 0.826. The highest BCUT2D eigenvalue weighted by atomic mass is 32.2. The van der Waals surface area contributed by atoms with Crippen LogP contribution < -0.4 is 5.73 Å². The van der Waals surface area contributed by atoms with Crippen LogP contribution in [0.15, 0.2) is 6.20 Å². The minimum absolute atomic E-state index is 0.0285. The highest BCUT2D eigenvalue weighted by Gasteiger charge is 2.29. The smallest absolute Gasteiger partial charge is 0.282 e. The summed E-state index contributed by atoms with van der Waals surface area (Å²) in [7, 11) is -3.80. The van der Waals surface area contributed by atoms with Crippen LogP contribution >= 0.6 is 0 Å². The molecular formula is C7H11N3O3S. The van der Waals surface area contributed by atoms with Crippen LogP contribution in [0.4, 0.5) is 5.82 Å². The molecule has 1 aromatic heterocycles. The maximum absolute atomic E-state index is 11.5. The zero-order chi connectivity index (χ0) is 10.9. The van der Waals surface area contributed by atoms with Crippen LogP contribution in [0.3, 0.4) is 0 Å². The van der Waals surface area contributed by atoms with E-state index in [0.29, 0.717) is 0 Å². The molecule has 0 aromatic carbocycles. The number of rotatable bonds is 2. The van der Waals surface area contributed by atoms with Crippen LogP contribution in [0.25, 0.3) is 0 Å². The Kier molecular flexibility index (Phi) is 2.61. The van der Waals surface area contributed by atoms with E-state index in [4.69, 9.17) is 5.73 Å². The number of hydrogen-bond acceptors (Lipinski definition) is 5. The van der Waals surface area contributed by atoms with Gasteiger partial charge in [0, 0.05) is 0 Å². The first-order chi connectivity index (χ1) is 6.37. The normalized spacial score (nSPS) is 11.9. The summed E-state index contributed by atoms with van der Waals surface area (Å²) in [4.78, 5) is 11.5. The summed E-state index contributed by atoms with van der Waals surface area (Å²) >= 11 is 0. The maximum atomic E-state index is 11.5. The van der Waals surface area contributed by atoms with E-state index in [1.54, 1.807) is 0 Å². The summed E-state index contributed by atoms with van der Waals surface area (Å²) < 4.78 is 22.9. The second-order valence-corrected chi connectivity index (χ2v) is 5.48. The number of sulfone groups is 1. The first-order valence-corrected chi connectivity index (χ1v) is 5.49. The number of nitrogens with zero attached hydrogens (tertiary/aromatic N) is 1. The lowest BCUT2D eigenvalue weighted by Crippen LogP contribution is -2.24. The fraction of sp³-hybridized carbons (Fsp3) is 0.429. The molecule has 7 heteroatoms.